The van der Waals surface area contributed by atoms with Gasteiger partial charge in [0.15, 0.2) is 18.5 Å². The summed E-state index contributed by atoms with van der Waals surface area (Å²) in [6.45, 7) is 3.68. The summed E-state index contributed by atoms with van der Waals surface area (Å²) in [5.74, 6) is -0.272. The first-order chi connectivity index (χ1) is 6.15. The number of rotatable bonds is 2. The summed E-state index contributed by atoms with van der Waals surface area (Å²) in [5, 5.41) is 9.30. The number of hydrogen-bond acceptors (Lipinski definition) is 2. The van der Waals surface area contributed by atoms with Crippen LogP contribution in [-0.4, -0.2) is 17.1 Å². The minimum absolute atomic E-state index is 0.272. The molecule has 1 heterocycles. The van der Waals surface area contributed by atoms with E-state index in [1.165, 1.54) is 4.57 Å². The fourth-order valence-corrected chi connectivity index (χ4v) is 1.08. The zero-order valence-corrected chi connectivity index (χ0v) is 7.90. The van der Waals surface area contributed by atoms with Crippen LogP contribution in [0.1, 0.15) is 23.7 Å². The van der Waals surface area contributed by atoms with Crippen molar-refractivity contribution >= 4 is 5.91 Å². The molecule has 0 aliphatic carbocycles. The molecule has 0 radical (unpaired) electrons. The maximum Gasteiger partial charge on any atom is 0.420 e. The van der Waals surface area contributed by atoms with Gasteiger partial charge in [0.25, 0.3) is 0 Å². The molecule has 1 aromatic heterocycles. The third kappa shape index (κ3) is 2.36. The van der Waals surface area contributed by atoms with Gasteiger partial charge in [-0.15, -0.1) is 4.57 Å². The maximum absolute atomic E-state index is 11.4. The molecule has 1 N–H and O–H groups in total. The molecule has 0 saturated heterocycles. The van der Waals surface area contributed by atoms with Crippen LogP contribution in [-0.2, 0) is 0 Å². The van der Waals surface area contributed by atoms with E-state index in [4.69, 9.17) is 0 Å². The number of aromatic nitrogens is 1. The molecule has 0 bridgehead atoms. The van der Waals surface area contributed by atoms with Crippen LogP contribution < -0.4 is 4.57 Å². The van der Waals surface area contributed by atoms with Crippen LogP contribution in [0.2, 0.25) is 0 Å². The second-order valence-electron chi connectivity index (χ2n) is 3.05. The van der Waals surface area contributed by atoms with Crippen LogP contribution in [0.4, 0.5) is 0 Å². The van der Waals surface area contributed by atoms with E-state index < -0.39 is 6.10 Å². The van der Waals surface area contributed by atoms with Crippen LogP contribution in [0, 0.1) is 6.92 Å². The highest BCUT2D eigenvalue weighted by molar-refractivity contribution is 5.71. The Morgan fingerprint density at radius 3 is 2.92 bits per heavy atom. The smallest absolute Gasteiger partial charge is 0.379 e. The molecule has 0 amide bonds. The molecule has 0 fully saturated rings. The summed E-state index contributed by atoms with van der Waals surface area (Å²) in [7, 11) is 0. The second kappa shape index (κ2) is 4.14. The SMILES string of the molecule is CCC(O)C(=O)[n+]1cccc(C)c1. The third-order valence-corrected chi connectivity index (χ3v) is 1.87. The number of nitrogens with zero attached hydrogens (tertiary/aromatic N) is 1. The van der Waals surface area contributed by atoms with Crippen LogP contribution in [0.3, 0.4) is 0 Å². The minimum atomic E-state index is -0.896. The first-order valence-electron chi connectivity index (χ1n) is 4.35. The first kappa shape index (κ1) is 9.86. The van der Waals surface area contributed by atoms with Crippen LogP contribution in [0.25, 0.3) is 0 Å². The van der Waals surface area contributed by atoms with Crippen molar-refractivity contribution < 1.29 is 14.5 Å². The van der Waals surface area contributed by atoms with Crippen LogP contribution in [0.15, 0.2) is 24.5 Å². The van der Waals surface area contributed by atoms with Gasteiger partial charge >= 0.3 is 5.91 Å². The fourth-order valence-electron chi connectivity index (χ4n) is 1.08. The molecular formula is C10H14NO2+. The first-order valence-corrected chi connectivity index (χ1v) is 4.35. The van der Waals surface area contributed by atoms with Crippen molar-refractivity contribution in [3.63, 3.8) is 0 Å². The highest BCUT2D eigenvalue weighted by Gasteiger charge is 2.22. The summed E-state index contributed by atoms with van der Waals surface area (Å²) >= 11 is 0. The molecule has 70 valence electrons. The molecule has 1 aromatic rings. The summed E-state index contributed by atoms with van der Waals surface area (Å²) in [6, 6.07) is 3.69. The molecule has 1 atom stereocenters. The van der Waals surface area contributed by atoms with Gasteiger partial charge in [-0.25, -0.2) is 4.79 Å². The zero-order chi connectivity index (χ0) is 9.84. The van der Waals surface area contributed by atoms with E-state index in [1.54, 1.807) is 25.4 Å². The predicted molar refractivity (Wildman–Crippen MR) is 48.3 cm³/mol. The van der Waals surface area contributed by atoms with Gasteiger partial charge in [0.1, 0.15) is 0 Å². The van der Waals surface area contributed by atoms with Gasteiger partial charge in [-0.1, -0.05) is 6.92 Å². The van der Waals surface area contributed by atoms with Gasteiger partial charge in [-0.3, -0.25) is 0 Å². The maximum atomic E-state index is 11.4. The molecule has 0 spiro atoms. The van der Waals surface area contributed by atoms with Gasteiger partial charge in [0.05, 0.1) is 0 Å². The molecule has 1 rings (SSSR count). The standard InChI is InChI=1S/C10H14NO2/c1-3-9(12)10(13)11-6-4-5-8(2)7-11/h4-7,9,12H,3H2,1-2H3/q+1. The Bertz CT molecular complexity index is 310. The monoisotopic (exact) mass is 180 g/mol. The van der Waals surface area contributed by atoms with Crippen molar-refractivity contribution in [3.05, 3.63) is 30.1 Å². The lowest BCUT2D eigenvalue weighted by molar-refractivity contribution is -0.578. The van der Waals surface area contributed by atoms with Gasteiger partial charge in [-0.2, -0.15) is 0 Å². The average Bonchev–Trinajstić information content (AvgIpc) is 2.15. The highest BCUT2D eigenvalue weighted by atomic mass is 16.3. The number of aryl methyl sites for hydroxylation is 1. The average molecular weight is 180 g/mol. The third-order valence-electron chi connectivity index (χ3n) is 1.87. The Morgan fingerprint density at radius 1 is 1.69 bits per heavy atom. The van der Waals surface area contributed by atoms with E-state index in [9.17, 15) is 9.90 Å². The number of aliphatic hydroxyl groups excluding tert-OH is 1. The molecule has 0 aromatic carbocycles. The number of hydrogen-bond donors (Lipinski definition) is 1. The van der Waals surface area contributed by atoms with Crippen LogP contribution >= 0.6 is 0 Å². The van der Waals surface area contributed by atoms with Crippen molar-refractivity contribution in [3.8, 4) is 0 Å². The van der Waals surface area contributed by atoms with Gasteiger partial charge in [0.2, 0.25) is 0 Å². The topological polar surface area (TPSA) is 41.2 Å². The van der Waals surface area contributed by atoms with Gasteiger partial charge in [-0.05, 0) is 19.4 Å². The van der Waals surface area contributed by atoms with E-state index in [-0.39, 0.29) is 5.91 Å². The van der Waals surface area contributed by atoms with Crippen molar-refractivity contribution in [1.82, 2.24) is 0 Å². The van der Waals surface area contributed by atoms with Crippen molar-refractivity contribution in [2.75, 3.05) is 0 Å². The largest absolute Gasteiger partial charge is 0.420 e. The van der Waals surface area contributed by atoms with Crippen LogP contribution in [0.5, 0.6) is 0 Å². The highest BCUT2D eigenvalue weighted by Crippen LogP contribution is 1.93. The molecule has 0 aliphatic heterocycles. The summed E-state index contributed by atoms with van der Waals surface area (Å²) in [6.07, 6.45) is 2.90. The molecule has 3 heteroatoms. The summed E-state index contributed by atoms with van der Waals surface area (Å²) < 4.78 is 1.42. The van der Waals surface area contributed by atoms with Gasteiger partial charge in [0, 0.05) is 11.6 Å². The Balaban J connectivity index is 2.89. The molecule has 0 saturated carbocycles. The molecule has 1 unspecified atom stereocenters. The molecular weight excluding hydrogens is 166 g/mol. The van der Waals surface area contributed by atoms with E-state index in [0.717, 1.165) is 5.56 Å². The second-order valence-corrected chi connectivity index (χ2v) is 3.05. The van der Waals surface area contributed by atoms with Crippen molar-refractivity contribution in [1.29, 1.82) is 0 Å². The van der Waals surface area contributed by atoms with E-state index in [2.05, 4.69) is 0 Å². The lowest BCUT2D eigenvalue weighted by Gasteiger charge is -2.00. The summed E-state index contributed by atoms with van der Waals surface area (Å²) in [5.41, 5.74) is 0.999. The van der Waals surface area contributed by atoms with E-state index in [1.807, 2.05) is 13.0 Å². The molecule has 0 aliphatic rings. The number of aliphatic hydroxyl groups is 1. The fraction of sp³-hybridized carbons (Fsp3) is 0.400. The number of carbonyl (C=O) groups excluding carboxylic acids is 1. The number of carbonyl (C=O) groups is 1. The molecule has 3 nitrogen and oxygen atoms in total. The van der Waals surface area contributed by atoms with E-state index >= 15 is 0 Å². The summed E-state index contributed by atoms with van der Waals surface area (Å²) in [4.78, 5) is 11.4. The number of pyridine rings is 1. The Kier molecular flexibility index (Phi) is 3.14. The zero-order valence-electron chi connectivity index (χ0n) is 7.90. The van der Waals surface area contributed by atoms with Crippen molar-refractivity contribution in [2.45, 2.75) is 26.4 Å². The quantitative estimate of drug-likeness (QED) is 0.680. The van der Waals surface area contributed by atoms with Crippen molar-refractivity contribution in [2.24, 2.45) is 0 Å². The molecule has 13 heavy (non-hydrogen) atoms. The Labute approximate surface area is 77.6 Å². The Morgan fingerprint density at radius 2 is 2.38 bits per heavy atom. The van der Waals surface area contributed by atoms with Gasteiger partial charge < -0.3 is 5.11 Å². The predicted octanol–water partition coefficient (Wildman–Crippen LogP) is 0.694. The van der Waals surface area contributed by atoms with E-state index in [0.29, 0.717) is 6.42 Å². The normalized spacial score (nSPS) is 12.5. The Hall–Kier alpha value is -1.22. The minimum Gasteiger partial charge on any atom is -0.379 e. The lowest BCUT2D eigenvalue weighted by Crippen LogP contribution is -2.48. The lowest BCUT2D eigenvalue weighted by atomic mass is 10.2.